The van der Waals surface area contributed by atoms with Crippen molar-refractivity contribution in [2.24, 2.45) is 0 Å². The molecule has 2 heterocycles. The van der Waals surface area contributed by atoms with E-state index in [0.717, 1.165) is 11.6 Å². The van der Waals surface area contributed by atoms with Crippen LogP contribution in [0, 0.1) is 0 Å². The zero-order chi connectivity index (χ0) is 13.2. The van der Waals surface area contributed by atoms with E-state index in [1.807, 2.05) is 11.6 Å². The molecule has 4 heteroatoms. The summed E-state index contributed by atoms with van der Waals surface area (Å²) in [4.78, 5) is 6.77. The molecule has 0 amide bonds. The maximum absolute atomic E-state index is 4.37. The fraction of sp³-hybridized carbons (Fsp3) is 0.400. The normalized spacial score (nSPS) is 23.7. The highest BCUT2D eigenvalue weighted by Gasteiger charge is 2.25. The minimum Gasteiger partial charge on any atom is -0.381 e. The van der Waals surface area contributed by atoms with Crippen LogP contribution in [0.3, 0.4) is 0 Å². The van der Waals surface area contributed by atoms with Crippen molar-refractivity contribution >= 4 is 17.0 Å². The van der Waals surface area contributed by atoms with E-state index in [1.165, 1.54) is 17.7 Å². The average molecular weight is 273 g/mol. The van der Waals surface area contributed by atoms with Crippen LogP contribution in [0.1, 0.15) is 13.3 Å². The summed E-state index contributed by atoms with van der Waals surface area (Å²) in [6, 6.07) is 9.77. The van der Waals surface area contributed by atoms with Crippen molar-refractivity contribution in [2.45, 2.75) is 25.4 Å². The summed E-state index contributed by atoms with van der Waals surface area (Å²) in [6.07, 6.45) is 3.06. The molecule has 1 aromatic carbocycles. The van der Waals surface area contributed by atoms with E-state index >= 15 is 0 Å². The van der Waals surface area contributed by atoms with Gasteiger partial charge in [-0.1, -0.05) is 12.1 Å². The number of hydrogen-bond acceptors (Lipinski definition) is 4. The molecule has 1 fully saturated rings. The number of hydrogen-bond donors (Lipinski definition) is 1. The lowest BCUT2D eigenvalue weighted by Gasteiger charge is -2.14. The van der Waals surface area contributed by atoms with Gasteiger partial charge >= 0.3 is 0 Å². The summed E-state index contributed by atoms with van der Waals surface area (Å²) in [5.41, 5.74) is 2.39. The molecular weight excluding hydrogens is 254 g/mol. The predicted molar refractivity (Wildman–Crippen MR) is 81.7 cm³/mol. The fourth-order valence-corrected chi connectivity index (χ4v) is 3.28. The molecule has 19 heavy (non-hydrogen) atoms. The van der Waals surface area contributed by atoms with E-state index in [2.05, 4.69) is 53.4 Å². The Bertz CT molecular complexity index is 528. The molecule has 0 bridgehead atoms. The molecule has 2 aromatic rings. The van der Waals surface area contributed by atoms with Crippen molar-refractivity contribution in [3.8, 4) is 10.6 Å². The van der Waals surface area contributed by atoms with Crippen LogP contribution in [-0.2, 0) is 0 Å². The summed E-state index contributed by atoms with van der Waals surface area (Å²) in [7, 11) is 2.19. The summed E-state index contributed by atoms with van der Waals surface area (Å²) in [6.45, 7) is 3.40. The number of aromatic nitrogens is 1. The predicted octanol–water partition coefficient (Wildman–Crippen LogP) is 3.31. The first-order chi connectivity index (χ1) is 9.22. The van der Waals surface area contributed by atoms with Gasteiger partial charge in [0.15, 0.2) is 0 Å². The van der Waals surface area contributed by atoms with Crippen LogP contribution in [-0.4, -0.2) is 35.6 Å². The zero-order valence-corrected chi connectivity index (χ0v) is 12.2. The second-order valence-electron chi connectivity index (χ2n) is 5.28. The smallest absolute Gasteiger partial charge is 0.123 e. The SMILES string of the molecule is CC1CC(Nc2cccc(-c3nccs3)c2)CN1C. The minimum absolute atomic E-state index is 0.548. The average Bonchev–Trinajstić information content (AvgIpc) is 3.01. The maximum atomic E-state index is 4.37. The lowest BCUT2D eigenvalue weighted by Crippen LogP contribution is -2.24. The molecule has 1 N–H and O–H groups in total. The number of anilines is 1. The molecule has 1 aliphatic heterocycles. The van der Waals surface area contributed by atoms with Crippen LogP contribution >= 0.6 is 11.3 Å². The van der Waals surface area contributed by atoms with Gasteiger partial charge in [0, 0.05) is 41.5 Å². The Hall–Kier alpha value is -1.39. The van der Waals surface area contributed by atoms with Crippen LogP contribution in [0.25, 0.3) is 10.6 Å². The van der Waals surface area contributed by atoms with Gasteiger partial charge in [0.25, 0.3) is 0 Å². The van der Waals surface area contributed by atoms with Crippen LogP contribution < -0.4 is 5.32 Å². The van der Waals surface area contributed by atoms with Crippen molar-refractivity contribution in [3.63, 3.8) is 0 Å². The van der Waals surface area contributed by atoms with Gasteiger partial charge in [0.05, 0.1) is 0 Å². The third-order valence-electron chi connectivity index (χ3n) is 3.80. The van der Waals surface area contributed by atoms with Crippen molar-refractivity contribution in [2.75, 3.05) is 18.9 Å². The Balaban J connectivity index is 1.74. The van der Waals surface area contributed by atoms with Gasteiger partial charge in [-0.15, -0.1) is 11.3 Å². The molecule has 0 spiro atoms. The third kappa shape index (κ3) is 2.80. The number of likely N-dealkylation sites (N-methyl/N-ethyl adjacent to an activating group) is 1. The second-order valence-corrected chi connectivity index (χ2v) is 6.18. The molecule has 0 aliphatic carbocycles. The van der Waals surface area contributed by atoms with E-state index < -0.39 is 0 Å². The summed E-state index contributed by atoms with van der Waals surface area (Å²) in [5, 5.41) is 6.74. The summed E-state index contributed by atoms with van der Waals surface area (Å²) < 4.78 is 0. The lowest BCUT2D eigenvalue weighted by atomic mass is 10.1. The molecule has 1 saturated heterocycles. The van der Waals surface area contributed by atoms with E-state index in [9.17, 15) is 0 Å². The number of nitrogens with zero attached hydrogens (tertiary/aromatic N) is 2. The van der Waals surface area contributed by atoms with Gasteiger partial charge < -0.3 is 10.2 Å². The molecule has 3 rings (SSSR count). The molecule has 3 nitrogen and oxygen atoms in total. The van der Waals surface area contributed by atoms with Crippen molar-refractivity contribution < 1.29 is 0 Å². The molecule has 100 valence electrons. The highest BCUT2D eigenvalue weighted by atomic mass is 32.1. The van der Waals surface area contributed by atoms with Gasteiger partial charge in [-0.25, -0.2) is 4.98 Å². The third-order valence-corrected chi connectivity index (χ3v) is 4.62. The minimum atomic E-state index is 0.548. The summed E-state index contributed by atoms with van der Waals surface area (Å²) >= 11 is 1.68. The van der Waals surface area contributed by atoms with Gasteiger partial charge in [-0.3, -0.25) is 0 Å². The van der Waals surface area contributed by atoms with Crippen molar-refractivity contribution in [1.29, 1.82) is 0 Å². The van der Waals surface area contributed by atoms with E-state index in [1.54, 1.807) is 11.3 Å². The van der Waals surface area contributed by atoms with Gasteiger partial charge in [-0.05, 0) is 32.5 Å². The first kappa shape index (κ1) is 12.6. The maximum Gasteiger partial charge on any atom is 0.123 e. The lowest BCUT2D eigenvalue weighted by molar-refractivity contribution is 0.330. The van der Waals surface area contributed by atoms with Crippen LogP contribution in [0.15, 0.2) is 35.8 Å². The molecule has 2 atom stereocenters. The molecular formula is C15H19N3S. The highest BCUT2D eigenvalue weighted by Crippen LogP contribution is 2.26. The van der Waals surface area contributed by atoms with Gasteiger partial charge in [-0.2, -0.15) is 0 Å². The second kappa shape index (κ2) is 5.31. The number of thiazole rings is 1. The van der Waals surface area contributed by atoms with E-state index in [-0.39, 0.29) is 0 Å². The zero-order valence-electron chi connectivity index (χ0n) is 11.3. The fourth-order valence-electron chi connectivity index (χ4n) is 2.64. The molecule has 1 aliphatic rings. The van der Waals surface area contributed by atoms with Crippen LogP contribution in [0.2, 0.25) is 0 Å². The van der Waals surface area contributed by atoms with E-state index in [0.29, 0.717) is 12.1 Å². The van der Waals surface area contributed by atoms with Crippen LogP contribution in [0.5, 0.6) is 0 Å². The number of rotatable bonds is 3. The Morgan fingerprint density at radius 2 is 2.32 bits per heavy atom. The summed E-state index contributed by atoms with van der Waals surface area (Å²) in [5.74, 6) is 0. The van der Waals surface area contributed by atoms with Crippen molar-refractivity contribution in [1.82, 2.24) is 9.88 Å². The van der Waals surface area contributed by atoms with Crippen molar-refractivity contribution in [3.05, 3.63) is 35.8 Å². The highest BCUT2D eigenvalue weighted by molar-refractivity contribution is 7.13. The Morgan fingerprint density at radius 3 is 3.00 bits per heavy atom. The quantitative estimate of drug-likeness (QED) is 0.930. The standard InChI is InChI=1S/C15H19N3S/c1-11-8-14(10-18(11)2)17-13-5-3-4-12(9-13)15-16-6-7-19-15/h3-7,9,11,14,17H,8,10H2,1-2H3. The Kier molecular flexibility index (Phi) is 3.53. The molecule has 0 radical (unpaired) electrons. The first-order valence-electron chi connectivity index (χ1n) is 6.69. The number of nitrogens with one attached hydrogen (secondary N) is 1. The first-order valence-corrected chi connectivity index (χ1v) is 7.57. The number of likely N-dealkylation sites (tertiary alicyclic amines) is 1. The van der Waals surface area contributed by atoms with Gasteiger partial charge in [0.1, 0.15) is 5.01 Å². The topological polar surface area (TPSA) is 28.2 Å². The largest absolute Gasteiger partial charge is 0.381 e. The van der Waals surface area contributed by atoms with E-state index in [4.69, 9.17) is 0 Å². The monoisotopic (exact) mass is 273 g/mol. The number of benzene rings is 1. The molecule has 2 unspecified atom stereocenters. The Morgan fingerprint density at radius 1 is 1.42 bits per heavy atom. The molecule has 1 aromatic heterocycles. The Labute approximate surface area is 118 Å². The molecule has 0 saturated carbocycles. The van der Waals surface area contributed by atoms with Gasteiger partial charge in [0.2, 0.25) is 0 Å². The van der Waals surface area contributed by atoms with Crippen LogP contribution in [0.4, 0.5) is 5.69 Å².